The smallest absolute Gasteiger partial charge is 0.348 e. The number of carbonyl (C=O) groups excluding carboxylic acids is 1. The minimum absolute atomic E-state index is 0.123. The molecule has 1 amide bonds. The zero-order valence-corrected chi connectivity index (χ0v) is 13.7. The van der Waals surface area contributed by atoms with Crippen molar-refractivity contribution >= 4 is 38.8 Å². The predicted octanol–water partition coefficient (Wildman–Crippen LogP) is 3.04. The second-order valence-corrected chi connectivity index (χ2v) is 6.87. The van der Waals surface area contributed by atoms with E-state index in [1.165, 1.54) is 22.7 Å². The number of hydrogen-bond acceptors (Lipinski definition) is 6. The molecule has 0 aliphatic carbocycles. The van der Waals surface area contributed by atoms with Crippen LogP contribution in [0.15, 0.2) is 32.1 Å². The minimum atomic E-state index is -0.452. The predicted molar refractivity (Wildman–Crippen MR) is 87.5 cm³/mol. The Balaban J connectivity index is 1.78. The SMILES string of the molecule is Cc1csc2nc([C@H](C)NC(=O)Cc3cccs3)oc(=O)c12. The van der Waals surface area contributed by atoms with Crippen LogP contribution >= 0.6 is 22.7 Å². The molecule has 3 heterocycles. The summed E-state index contributed by atoms with van der Waals surface area (Å²) in [5.74, 6) is 0.112. The van der Waals surface area contributed by atoms with Gasteiger partial charge < -0.3 is 9.73 Å². The Kier molecular flexibility index (Phi) is 4.08. The van der Waals surface area contributed by atoms with Gasteiger partial charge in [0.2, 0.25) is 11.8 Å². The van der Waals surface area contributed by atoms with Gasteiger partial charge in [0.15, 0.2) is 0 Å². The van der Waals surface area contributed by atoms with Gasteiger partial charge in [-0.3, -0.25) is 4.79 Å². The number of hydrogen-bond donors (Lipinski definition) is 1. The lowest BCUT2D eigenvalue weighted by Gasteiger charge is -2.11. The van der Waals surface area contributed by atoms with E-state index in [0.717, 1.165) is 10.4 Å². The summed E-state index contributed by atoms with van der Waals surface area (Å²) < 4.78 is 5.26. The van der Waals surface area contributed by atoms with Crippen molar-refractivity contribution in [3.63, 3.8) is 0 Å². The Morgan fingerprint density at radius 3 is 3.00 bits per heavy atom. The normalized spacial score (nSPS) is 12.5. The van der Waals surface area contributed by atoms with Gasteiger partial charge in [-0.2, -0.15) is 0 Å². The van der Waals surface area contributed by atoms with E-state index in [4.69, 9.17) is 4.42 Å². The second kappa shape index (κ2) is 6.02. The van der Waals surface area contributed by atoms with E-state index in [2.05, 4.69) is 10.3 Å². The molecule has 1 atom stereocenters. The van der Waals surface area contributed by atoms with E-state index in [-0.39, 0.29) is 11.8 Å². The molecule has 0 aliphatic rings. The Labute approximate surface area is 134 Å². The number of amides is 1. The number of rotatable bonds is 4. The molecule has 0 aliphatic heterocycles. The Morgan fingerprint density at radius 2 is 2.27 bits per heavy atom. The molecule has 0 aromatic carbocycles. The first-order valence-electron chi connectivity index (χ1n) is 6.75. The van der Waals surface area contributed by atoms with Crippen LogP contribution in [0.25, 0.3) is 10.2 Å². The van der Waals surface area contributed by atoms with E-state index in [9.17, 15) is 9.59 Å². The molecule has 0 bridgehead atoms. The van der Waals surface area contributed by atoms with Crippen LogP contribution in [0.2, 0.25) is 0 Å². The second-order valence-electron chi connectivity index (χ2n) is 4.98. The average Bonchev–Trinajstić information content (AvgIpc) is 3.09. The summed E-state index contributed by atoms with van der Waals surface area (Å²) in [6.07, 6.45) is 0.312. The summed E-state index contributed by atoms with van der Waals surface area (Å²) >= 11 is 2.93. The molecule has 0 spiro atoms. The van der Waals surface area contributed by atoms with Crippen LogP contribution in [0, 0.1) is 6.92 Å². The number of aromatic nitrogens is 1. The number of nitrogens with one attached hydrogen (secondary N) is 1. The fourth-order valence-corrected chi connectivity index (χ4v) is 3.76. The summed E-state index contributed by atoms with van der Waals surface area (Å²) in [6.45, 7) is 3.60. The third kappa shape index (κ3) is 2.95. The quantitative estimate of drug-likeness (QED) is 0.796. The molecule has 0 saturated carbocycles. The van der Waals surface area contributed by atoms with Gasteiger partial charge in [0, 0.05) is 4.88 Å². The van der Waals surface area contributed by atoms with Crippen molar-refractivity contribution in [3.05, 3.63) is 49.6 Å². The molecule has 114 valence electrons. The van der Waals surface area contributed by atoms with Crippen LogP contribution in [0.4, 0.5) is 0 Å². The highest BCUT2D eigenvalue weighted by Gasteiger charge is 2.17. The number of thiophene rings is 2. The Bertz CT molecular complexity index is 865. The van der Waals surface area contributed by atoms with Gasteiger partial charge in [0.1, 0.15) is 10.9 Å². The monoisotopic (exact) mass is 334 g/mol. The van der Waals surface area contributed by atoms with Gasteiger partial charge >= 0.3 is 5.63 Å². The van der Waals surface area contributed by atoms with Crippen LogP contribution in [0.1, 0.15) is 29.3 Å². The van der Waals surface area contributed by atoms with Gasteiger partial charge in [-0.15, -0.1) is 22.7 Å². The molecule has 7 heteroatoms. The molecule has 3 aromatic heterocycles. The highest BCUT2D eigenvalue weighted by Crippen LogP contribution is 2.22. The molecule has 0 saturated heterocycles. The lowest BCUT2D eigenvalue weighted by molar-refractivity contribution is -0.121. The Hall–Kier alpha value is -1.99. The van der Waals surface area contributed by atoms with Crippen LogP contribution in [0.3, 0.4) is 0 Å². The van der Waals surface area contributed by atoms with Crippen LogP contribution in [-0.2, 0) is 11.2 Å². The number of carbonyl (C=O) groups is 1. The largest absolute Gasteiger partial charge is 0.406 e. The zero-order chi connectivity index (χ0) is 15.7. The standard InChI is InChI=1S/C15H14N2O3S2/c1-8-7-22-14-12(8)15(19)20-13(17-14)9(2)16-11(18)6-10-4-3-5-21-10/h3-5,7,9H,6H2,1-2H3,(H,16,18)/t9-/m0/s1. The van der Waals surface area contributed by atoms with Crippen molar-refractivity contribution in [1.82, 2.24) is 10.3 Å². The molecule has 5 nitrogen and oxygen atoms in total. The number of fused-ring (bicyclic) bond motifs is 1. The summed E-state index contributed by atoms with van der Waals surface area (Å²) in [4.78, 5) is 30.0. The highest BCUT2D eigenvalue weighted by molar-refractivity contribution is 7.16. The van der Waals surface area contributed by atoms with E-state index < -0.39 is 11.7 Å². The fourth-order valence-electron chi connectivity index (χ4n) is 2.14. The first kappa shape index (κ1) is 14.9. The maximum absolute atomic E-state index is 12.0. The first-order chi connectivity index (χ1) is 10.5. The molecule has 3 aromatic rings. The lowest BCUT2D eigenvalue weighted by atomic mass is 10.2. The van der Waals surface area contributed by atoms with E-state index in [0.29, 0.717) is 16.6 Å². The topological polar surface area (TPSA) is 72.2 Å². The fraction of sp³-hybridized carbons (Fsp3) is 0.267. The molecule has 0 unspecified atom stereocenters. The minimum Gasteiger partial charge on any atom is -0.406 e. The van der Waals surface area contributed by atoms with Crippen molar-refractivity contribution in [2.45, 2.75) is 26.3 Å². The van der Waals surface area contributed by atoms with Crippen LogP contribution < -0.4 is 10.9 Å². The van der Waals surface area contributed by atoms with E-state index in [1.54, 1.807) is 6.92 Å². The summed E-state index contributed by atoms with van der Waals surface area (Å²) in [7, 11) is 0. The van der Waals surface area contributed by atoms with Gasteiger partial charge in [-0.05, 0) is 36.2 Å². The van der Waals surface area contributed by atoms with Gasteiger partial charge in [-0.25, -0.2) is 9.78 Å². The summed E-state index contributed by atoms with van der Waals surface area (Å²) in [5.41, 5.74) is 0.459. The number of nitrogens with zero attached hydrogens (tertiary/aromatic N) is 1. The molecule has 1 N–H and O–H groups in total. The maximum Gasteiger partial charge on any atom is 0.348 e. The molecule has 22 heavy (non-hydrogen) atoms. The van der Waals surface area contributed by atoms with Crippen LogP contribution in [-0.4, -0.2) is 10.9 Å². The van der Waals surface area contributed by atoms with Crippen molar-refractivity contribution < 1.29 is 9.21 Å². The van der Waals surface area contributed by atoms with E-state index in [1.807, 2.05) is 29.8 Å². The Morgan fingerprint density at radius 1 is 1.45 bits per heavy atom. The van der Waals surface area contributed by atoms with Gasteiger partial charge in [0.25, 0.3) is 0 Å². The third-order valence-electron chi connectivity index (χ3n) is 3.23. The highest BCUT2D eigenvalue weighted by atomic mass is 32.1. The molecule has 3 rings (SSSR count). The summed E-state index contributed by atoms with van der Waals surface area (Å²) in [6, 6.07) is 3.37. The van der Waals surface area contributed by atoms with Crippen LogP contribution in [0.5, 0.6) is 0 Å². The zero-order valence-electron chi connectivity index (χ0n) is 12.1. The molecule has 0 fully saturated rings. The lowest BCUT2D eigenvalue weighted by Crippen LogP contribution is -2.29. The molecular formula is C15H14N2O3S2. The van der Waals surface area contributed by atoms with Crippen molar-refractivity contribution in [2.75, 3.05) is 0 Å². The van der Waals surface area contributed by atoms with Gasteiger partial charge in [-0.1, -0.05) is 6.07 Å². The molecule has 0 radical (unpaired) electrons. The summed E-state index contributed by atoms with van der Waals surface area (Å²) in [5, 5.41) is 7.13. The van der Waals surface area contributed by atoms with E-state index >= 15 is 0 Å². The van der Waals surface area contributed by atoms with Crippen molar-refractivity contribution in [2.24, 2.45) is 0 Å². The first-order valence-corrected chi connectivity index (χ1v) is 8.51. The van der Waals surface area contributed by atoms with Crippen molar-refractivity contribution in [3.8, 4) is 0 Å². The maximum atomic E-state index is 12.0. The third-order valence-corrected chi connectivity index (χ3v) is 5.10. The average molecular weight is 334 g/mol. The van der Waals surface area contributed by atoms with Crippen molar-refractivity contribution in [1.29, 1.82) is 0 Å². The number of aryl methyl sites for hydroxylation is 1. The molecular weight excluding hydrogens is 320 g/mol. The van der Waals surface area contributed by atoms with Gasteiger partial charge in [0.05, 0.1) is 11.8 Å².